The van der Waals surface area contributed by atoms with E-state index in [1.165, 1.54) is 14.2 Å². The molecule has 0 amide bonds. The van der Waals surface area contributed by atoms with Crippen LogP contribution in [-0.2, 0) is 9.47 Å². The number of carbonyl (C=O) groups is 2. The third-order valence-electron chi connectivity index (χ3n) is 2.28. The smallest absolute Gasteiger partial charge is 0.340 e. The third kappa shape index (κ3) is 2.46. The molecule has 0 bridgehead atoms. The number of ether oxygens (including phenoxy) is 2. The van der Waals surface area contributed by atoms with Gasteiger partial charge in [0.05, 0.1) is 41.2 Å². The Kier molecular flexibility index (Phi) is 4.22. The van der Waals surface area contributed by atoms with Crippen molar-refractivity contribution >= 4 is 27.9 Å². The molecule has 0 saturated heterocycles. The van der Waals surface area contributed by atoms with Crippen molar-refractivity contribution in [3.63, 3.8) is 0 Å². The molecule has 6 heteroatoms. The van der Waals surface area contributed by atoms with E-state index in [1.807, 2.05) is 0 Å². The Bertz CT molecular complexity index is 445. The Morgan fingerprint density at radius 2 is 1.35 bits per heavy atom. The van der Waals surface area contributed by atoms with Gasteiger partial charge in [-0.1, -0.05) is 0 Å². The molecule has 0 atom stereocenters. The highest BCUT2D eigenvalue weighted by molar-refractivity contribution is 9.10. The van der Waals surface area contributed by atoms with Crippen LogP contribution in [-0.4, -0.2) is 31.1 Å². The molecule has 0 aliphatic carbocycles. The number of nitrogens with zero attached hydrogens (tertiary/aromatic N) is 1. The summed E-state index contributed by atoms with van der Waals surface area (Å²) in [5.74, 6) is -1.10. The fourth-order valence-electron chi connectivity index (χ4n) is 1.48. The van der Waals surface area contributed by atoms with Gasteiger partial charge in [-0.25, -0.2) is 9.59 Å². The number of aromatic nitrogens is 1. The molecular weight excluding hydrogens is 290 g/mol. The predicted octanol–water partition coefficient (Wildman–Crippen LogP) is 2.03. The van der Waals surface area contributed by atoms with Gasteiger partial charge in [0, 0.05) is 0 Å². The van der Waals surface area contributed by atoms with Crippen LogP contribution < -0.4 is 0 Å². The molecule has 92 valence electrons. The first kappa shape index (κ1) is 13.6. The van der Waals surface area contributed by atoms with Crippen molar-refractivity contribution in [1.29, 1.82) is 0 Å². The van der Waals surface area contributed by atoms with E-state index in [0.29, 0.717) is 15.9 Å². The Hall–Kier alpha value is -1.43. The number of esters is 2. The lowest BCUT2D eigenvalue weighted by atomic mass is 10.1. The van der Waals surface area contributed by atoms with Crippen LogP contribution in [0.1, 0.15) is 32.1 Å². The van der Waals surface area contributed by atoms with E-state index in [2.05, 4.69) is 30.4 Å². The molecule has 5 nitrogen and oxygen atoms in total. The zero-order chi connectivity index (χ0) is 13.2. The van der Waals surface area contributed by atoms with Gasteiger partial charge in [-0.2, -0.15) is 0 Å². The summed E-state index contributed by atoms with van der Waals surface area (Å²) in [4.78, 5) is 27.3. The van der Waals surface area contributed by atoms with E-state index in [-0.39, 0.29) is 11.1 Å². The Labute approximate surface area is 107 Å². The Morgan fingerprint density at radius 1 is 1.00 bits per heavy atom. The van der Waals surface area contributed by atoms with Gasteiger partial charge < -0.3 is 9.47 Å². The first-order valence-electron chi connectivity index (χ1n) is 4.77. The summed E-state index contributed by atoms with van der Waals surface area (Å²) in [5, 5.41) is 0. The first-order valence-corrected chi connectivity index (χ1v) is 5.56. The number of hydrogen-bond donors (Lipinski definition) is 0. The van der Waals surface area contributed by atoms with Gasteiger partial charge in [-0.15, -0.1) is 0 Å². The van der Waals surface area contributed by atoms with E-state index < -0.39 is 11.9 Å². The van der Waals surface area contributed by atoms with E-state index in [9.17, 15) is 9.59 Å². The lowest BCUT2D eigenvalue weighted by Gasteiger charge is -2.12. The number of methoxy groups -OCH3 is 2. The molecule has 0 N–H and O–H groups in total. The lowest BCUT2D eigenvalue weighted by molar-refractivity contribution is 0.0595. The van der Waals surface area contributed by atoms with Crippen molar-refractivity contribution in [2.75, 3.05) is 14.2 Å². The van der Waals surface area contributed by atoms with E-state index >= 15 is 0 Å². The summed E-state index contributed by atoms with van der Waals surface area (Å²) in [6.45, 7) is 3.34. The fourth-order valence-corrected chi connectivity index (χ4v) is 2.38. The monoisotopic (exact) mass is 301 g/mol. The van der Waals surface area contributed by atoms with Gasteiger partial charge in [-0.3, -0.25) is 4.98 Å². The van der Waals surface area contributed by atoms with Crippen LogP contribution in [0.15, 0.2) is 4.47 Å². The molecule has 1 aromatic rings. The summed E-state index contributed by atoms with van der Waals surface area (Å²) in [6, 6.07) is 0. The number of hydrogen-bond acceptors (Lipinski definition) is 5. The van der Waals surface area contributed by atoms with Crippen LogP contribution in [0.3, 0.4) is 0 Å². The van der Waals surface area contributed by atoms with Crippen molar-refractivity contribution in [1.82, 2.24) is 4.98 Å². The predicted molar refractivity (Wildman–Crippen MR) is 64.1 cm³/mol. The zero-order valence-electron chi connectivity index (χ0n) is 9.96. The van der Waals surface area contributed by atoms with Crippen molar-refractivity contribution in [2.45, 2.75) is 13.8 Å². The third-order valence-corrected chi connectivity index (χ3v) is 3.07. The molecule has 0 aromatic carbocycles. The first-order chi connectivity index (χ1) is 7.93. The molecule has 0 aliphatic rings. The summed E-state index contributed by atoms with van der Waals surface area (Å²) in [5.41, 5.74) is 1.46. The number of rotatable bonds is 2. The Morgan fingerprint density at radius 3 is 1.65 bits per heavy atom. The maximum Gasteiger partial charge on any atom is 0.340 e. The fraction of sp³-hybridized carbons (Fsp3) is 0.364. The highest BCUT2D eigenvalue weighted by Gasteiger charge is 2.24. The van der Waals surface area contributed by atoms with Crippen LogP contribution in [0, 0.1) is 13.8 Å². The molecule has 0 aliphatic heterocycles. The SMILES string of the molecule is COC(=O)c1c(C)nc(C)c(C(=O)OC)c1Br. The second-order valence-electron chi connectivity index (χ2n) is 3.33. The van der Waals surface area contributed by atoms with E-state index in [4.69, 9.17) is 0 Å². The van der Waals surface area contributed by atoms with E-state index in [1.54, 1.807) is 13.8 Å². The van der Waals surface area contributed by atoms with Gasteiger partial charge in [0.25, 0.3) is 0 Å². The minimum Gasteiger partial charge on any atom is -0.465 e. The van der Waals surface area contributed by atoms with Crippen molar-refractivity contribution in [2.24, 2.45) is 0 Å². The normalized spacial score (nSPS) is 9.94. The zero-order valence-corrected chi connectivity index (χ0v) is 11.5. The van der Waals surface area contributed by atoms with Crippen molar-refractivity contribution in [3.8, 4) is 0 Å². The van der Waals surface area contributed by atoms with E-state index in [0.717, 1.165) is 0 Å². The molecule has 0 radical (unpaired) electrons. The molecule has 0 saturated carbocycles. The highest BCUT2D eigenvalue weighted by Crippen LogP contribution is 2.27. The van der Waals surface area contributed by atoms with Crippen molar-refractivity contribution < 1.29 is 19.1 Å². The maximum absolute atomic E-state index is 11.6. The topological polar surface area (TPSA) is 65.5 Å². The quantitative estimate of drug-likeness (QED) is 0.782. The molecular formula is C11H12BrNO4. The summed E-state index contributed by atoms with van der Waals surface area (Å²) >= 11 is 3.22. The molecule has 0 spiro atoms. The summed E-state index contributed by atoms with van der Waals surface area (Å²) in [6.07, 6.45) is 0. The minimum absolute atomic E-state index is 0.235. The molecule has 17 heavy (non-hydrogen) atoms. The standard InChI is InChI=1S/C11H12BrNO4/c1-5-7(10(14)16-3)9(12)8(6(2)13-5)11(15)17-4/h1-4H3. The van der Waals surface area contributed by atoms with Gasteiger partial charge in [0.15, 0.2) is 0 Å². The largest absolute Gasteiger partial charge is 0.465 e. The van der Waals surface area contributed by atoms with Crippen LogP contribution in [0.5, 0.6) is 0 Å². The van der Waals surface area contributed by atoms with Crippen LogP contribution in [0.2, 0.25) is 0 Å². The minimum atomic E-state index is -0.549. The molecule has 1 heterocycles. The number of pyridine rings is 1. The summed E-state index contributed by atoms with van der Waals surface area (Å²) < 4.78 is 9.64. The van der Waals surface area contributed by atoms with Crippen molar-refractivity contribution in [3.05, 3.63) is 27.0 Å². The number of aryl methyl sites for hydroxylation is 2. The average Bonchev–Trinajstić information content (AvgIpc) is 2.27. The highest BCUT2D eigenvalue weighted by atomic mass is 79.9. The van der Waals surface area contributed by atoms with Crippen LogP contribution >= 0.6 is 15.9 Å². The van der Waals surface area contributed by atoms with Gasteiger partial charge >= 0.3 is 11.9 Å². The molecule has 0 fully saturated rings. The van der Waals surface area contributed by atoms with Gasteiger partial charge in [-0.05, 0) is 29.8 Å². The molecule has 1 aromatic heterocycles. The molecule has 1 rings (SSSR count). The second-order valence-corrected chi connectivity index (χ2v) is 4.12. The second kappa shape index (κ2) is 5.27. The van der Waals surface area contributed by atoms with Gasteiger partial charge in [0.1, 0.15) is 0 Å². The van der Waals surface area contributed by atoms with Gasteiger partial charge in [0.2, 0.25) is 0 Å². The van der Waals surface area contributed by atoms with Crippen LogP contribution in [0.4, 0.5) is 0 Å². The summed E-state index contributed by atoms with van der Waals surface area (Å²) in [7, 11) is 2.54. The molecule has 0 unspecified atom stereocenters. The maximum atomic E-state index is 11.6. The Balaban J connectivity index is 3.54. The average molecular weight is 302 g/mol. The number of halogens is 1. The van der Waals surface area contributed by atoms with Crippen LogP contribution in [0.25, 0.3) is 0 Å². The lowest BCUT2D eigenvalue weighted by Crippen LogP contribution is -2.14. The number of carbonyl (C=O) groups excluding carboxylic acids is 2.